The van der Waals surface area contributed by atoms with Crippen molar-refractivity contribution in [2.75, 3.05) is 18.4 Å². The van der Waals surface area contributed by atoms with Crippen molar-refractivity contribution in [2.24, 2.45) is 0 Å². The van der Waals surface area contributed by atoms with Gasteiger partial charge in [0.15, 0.2) is 0 Å². The van der Waals surface area contributed by atoms with Gasteiger partial charge in [0.05, 0.1) is 22.6 Å². The van der Waals surface area contributed by atoms with Crippen LogP contribution in [0.1, 0.15) is 36.3 Å². The third-order valence-electron chi connectivity index (χ3n) is 8.33. The Morgan fingerprint density at radius 2 is 1.82 bits per heavy atom. The van der Waals surface area contributed by atoms with Gasteiger partial charge in [-0.25, -0.2) is 19.3 Å². The zero-order valence-electron chi connectivity index (χ0n) is 22.9. The maximum absolute atomic E-state index is 13.6. The number of hydrogen-bond donors (Lipinski definition) is 1. The minimum atomic E-state index is -0.697. The number of alkyl halides is 1. The van der Waals surface area contributed by atoms with Crippen molar-refractivity contribution in [3.8, 4) is 28.2 Å². The molecule has 2 atom stereocenters. The van der Waals surface area contributed by atoms with Crippen molar-refractivity contribution in [3.05, 3.63) is 71.9 Å². The molecule has 7 rings (SSSR count). The van der Waals surface area contributed by atoms with E-state index in [2.05, 4.69) is 49.3 Å². The van der Waals surface area contributed by atoms with Gasteiger partial charge in [0, 0.05) is 54.2 Å². The van der Waals surface area contributed by atoms with Crippen LogP contribution in [-0.4, -0.2) is 60.9 Å². The van der Waals surface area contributed by atoms with Crippen LogP contribution in [0.25, 0.3) is 39.2 Å². The zero-order chi connectivity index (χ0) is 27.4. The number of rotatable bonds is 6. The van der Waals surface area contributed by atoms with E-state index >= 15 is 0 Å². The largest absolute Gasteiger partial charge is 0.361 e. The normalized spacial score (nSPS) is 19.8. The van der Waals surface area contributed by atoms with Crippen molar-refractivity contribution < 1.29 is 8.91 Å². The van der Waals surface area contributed by atoms with E-state index in [1.54, 1.807) is 0 Å². The number of likely N-dealkylation sites (tertiary alicyclic amines) is 1. The molecule has 0 radical (unpaired) electrons. The fourth-order valence-electron chi connectivity index (χ4n) is 6.29. The maximum atomic E-state index is 13.6. The second-order valence-electron chi connectivity index (χ2n) is 11.0. The van der Waals surface area contributed by atoms with Crippen molar-refractivity contribution in [2.45, 2.75) is 58.3 Å². The predicted octanol–water partition coefficient (Wildman–Crippen LogP) is 6.05. The van der Waals surface area contributed by atoms with Gasteiger partial charge in [0.1, 0.15) is 17.6 Å². The molecular weight excluding hydrogens is 505 g/mol. The average molecular weight is 538 g/mol. The molecule has 204 valence electrons. The summed E-state index contributed by atoms with van der Waals surface area (Å²) in [5.74, 6) is 1.35. The zero-order valence-corrected chi connectivity index (χ0v) is 22.9. The Hall–Kier alpha value is -4.11. The second kappa shape index (κ2) is 9.82. The third kappa shape index (κ3) is 4.25. The minimum Gasteiger partial charge on any atom is -0.361 e. The Kier molecular flexibility index (Phi) is 6.11. The fourth-order valence-corrected chi connectivity index (χ4v) is 6.29. The molecule has 0 spiro atoms. The topological polar surface area (TPSA) is 84.9 Å². The number of pyridine rings is 1. The Morgan fingerprint density at radius 3 is 2.58 bits per heavy atom. The van der Waals surface area contributed by atoms with Crippen LogP contribution in [0.5, 0.6) is 0 Å². The van der Waals surface area contributed by atoms with Gasteiger partial charge in [0.25, 0.3) is 0 Å². The van der Waals surface area contributed by atoms with E-state index < -0.39 is 6.17 Å². The van der Waals surface area contributed by atoms with Crippen molar-refractivity contribution >= 4 is 17.0 Å². The molecule has 0 amide bonds. The fraction of sp³-hybridized carbons (Fsp3) is 0.355. The van der Waals surface area contributed by atoms with Crippen molar-refractivity contribution in [3.63, 3.8) is 0 Å². The monoisotopic (exact) mass is 537 g/mol. The van der Waals surface area contributed by atoms with Crippen LogP contribution < -0.4 is 5.32 Å². The molecule has 1 aliphatic carbocycles. The lowest BCUT2D eigenvalue weighted by Crippen LogP contribution is -2.56. The summed E-state index contributed by atoms with van der Waals surface area (Å²) in [6.07, 6.45) is 6.53. The summed E-state index contributed by atoms with van der Waals surface area (Å²) in [6, 6.07) is 14.9. The van der Waals surface area contributed by atoms with Gasteiger partial charge in [-0.3, -0.25) is 4.90 Å². The number of para-hydroxylation sites is 1. The molecule has 8 nitrogen and oxygen atoms in total. The lowest BCUT2D eigenvalue weighted by atomic mass is 10.0. The number of benzene rings is 1. The van der Waals surface area contributed by atoms with Gasteiger partial charge >= 0.3 is 0 Å². The van der Waals surface area contributed by atoms with E-state index in [-0.39, 0.29) is 6.04 Å². The smallest absolute Gasteiger partial charge is 0.223 e. The van der Waals surface area contributed by atoms with Crippen molar-refractivity contribution in [1.29, 1.82) is 0 Å². The highest BCUT2D eigenvalue weighted by molar-refractivity contribution is 5.96. The lowest BCUT2D eigenvalue weighted by molar-refractivity contribution is 0.0265. The summed E-state index contributed by atoms with van der Waals surface area (Å²) in [6.45, 7) is 6.95. The molecule has 1 aliphatic heterocycles. The Morgan fingerprint density at radius 1 is 1.00 bits per heavy atom. The van der Waals surface area contributed by atoms with Crippen LogP contribution in [0.4, 0.5) is 10.3 Å². The minimum absolute atomic E-state index is 0.216. The van der Waals surface area contributed by atoms with Gasteiger partial charge in [-0.1, -0.05) is 23.4 Å². The molecule has 2 aliphatic rings. The SMILES string of the molecule is Cc1cnc(N[C@H]2CCC[C@@H]2N2CC(F)C2)nc1-c1cn(-c2ccccc2)c2nc(-c3c(C)noc3C)ccc12. The molecule has 1 N–H and O–H groups in total. The third-order valence-corrected chi connectivity index (χ3v) is 8.33. The number of halogens is 1. The lowest BCUT2D eigenvalue weighted by Gasteiger charge is -2.41. The molecule has 0 bridgehead atoms. The number of nitrogens with zero attached hydrogens (tertiary/aromatic N) is 6. The van der Waals surface area contributed by atoms with Crippen LogP contribution in [0.3, 0.4) is 0 Å². The number of nitrogens with one attached hydrogen (secondary N) is 1. The molecule has 9 heteroatoms. The molecule has 5 heterocycles. The molecule has 0 unspecified atom stereocenters. The average Bonchev–Trinajstić information content (AvgIpc) is 3.65. The number of aryl methyl sites for hydroxylation is 3. The quantitative estimate of drug-likeness (QED) is 0.282. The molecule has 2 fully saturated rings. The van der Waals surface area contributed by atoms with Gasteiger partial charge in [-0.2, -0.15) is 0 Å². The Labute approximate surface area is 232 Å². The maximum Gasteiger partial charge on any atom is 0.223 e. The number of aromatic nitrogens is 5. The Balaban J connectivity index is 1.31. The van der Waals surface area contributed by atoms with E-state index in [1.807, 2.05) is 51.2 Å². The highest BCUT2D eigenvalue weighted by atomic mass is 19.1. The first-order valence-electron chi connectivity index (χ1n) is 14.0. The number of fused-ring (bicyclic) bond motifs is 1. The van der Waals surface area contributed by atoms with Crippen LogP contribution in [0.2, 0.25) is 0 Å². The number of anilines is 1. The Bertz CT molecular complexity index is 1670. The van der Waals surface area contributed by atoms with E-state index in [4.69, 9.17) is 14.5 Å². The van der Waals surface area contributed by atoms with E-state index in [9.17, 15) is 4.39 Å². The first-order valence-corrected chi connectivity index (χ1v) is 14.0. The summed E-state index contributed by atoms with van der Waals surface area (Å²) in [5, 5.41) is 8.72. The van der Waals surface area contributed by atoms with Gasteiger partial charge in [-0.15, -0.1) is 0 Å². The van der Waals surface area contributed by atoms with E-state index in [0.29, 0.717) is 25.1 Å². The second-order valence-corrected chi connectivity index (χ2v) is 11.0. The summed E-state index contributed by atoms with van der Waals surface area (Å²) >= 11 is 0. The molecule has 5 aromatic rings. The van der Waals surface area contributed by atoms with Gasteiger partial charge in [0.2, 0.25) is 5.95 Å². The molecule has 40 heavy (non-hydrogen) atoms. The highest BCUT2D eigenvalue weighted by Crippen LogP contribution is 2.36. The first-order chi connectivity index (χ1) is 19.5. The summed E-state index contributed by atoms with van der Waals surface area (Å²) in [4.78, 5) is 17.0. The van der Waals surface area contributed by atoms with Crippen LogP contribution in [0.15, 0.2) is 59.4 Å². The molecule has 1 saturated heterocycles. The predicted molar refractivity (Wildman–Crippen MR) is 153 cm³/mol. The molecule has 4 aromatic heterocycles. The van der Waals surface area contributed by atoms with E-state index in [1.165, 1.54) is 0 Å². The van der Waals surface area contributed by atoms with E-state index in [0.717, 1.165) is 75.5 Å². The van der Waals surface area contributed by atoms with Crippen LogP contribution in [0, 0.1) is 20.8 Å². The first kappa shape index (κ1) is 24.9. The van der Waals surface area contributed by atoms with Gasteiger partial charge in [-0.05, 0) is 69.9 Å². The number of hydrogen-bond acceptors (Lipinski definition) is 7. The summed E-state index contributed by atoms with van der Waals surface area (Å²) in [7, 11) is 0. The highest BCUT2D eigenvalue weighted by Gasteiger charge is 2.39. The van der Waals surface area contributed by atoms with Crippen LogP contribution in [-0.2, 0) is 0 Å². The molecular formula is C31H32FN7O. The van der Waals surface area contributed by atoms with Crippen LogP contribution >= 0.6 is 0 Å². The summed E-state index contributed by atoms with van der Waals surface area (Å²) < 4.78 is 21.1. The molecule has 1 aromatic carbocycles. The van der Waals surface area contributed by atoms with Crippen molar-refractivity contribution in [1.82, 2.24) is 29.6 Å². The molecule has 1 saturated carbocycles. The standard InChI is InChI=1S/C31H32FN7O/c1-18-14-33-31(35-25-10-7-11-27(25)38-15-21(32)16-38)36-29(18)24-17-39(22-8-5-4-6-9-22)30-23(24)12-13-26(34-30)28-19(2)37-40-20(28)3/h4-6,8-9,12-14,17,21,25,27H,7,10-11,15-16H2,1-3H3,(H,33,35,36)/t25-,27-/m0/s1. The summed E-state index contributed by atoms with van der Waals surface area (Å²) in [5.41, 5.74) is 7.25. The van der Waals surface area contributed by atoms with Gasteiger partial charge < -0.3 is 14.4 Å².